The molecule has 29 heavy (non-hydrogen) atoms. The van der Waals surface area contributed by atoms with Crippen LogP contribution in [0.3, 0.4) is 0 Å². The number of H-pyrrole nitrogens is 1. The summed E-state index contributed by atoms with van der Waals surface area (Å²) < 4.78 is 11.8. The molecule has 0 saturated carbocycles. The van der Waals surface area contributed by atoms with Crippen molar-refractivity contribution >= 4 is 21.6 Å². The number of aromatic nitrogens is 2. The molecular formula is C23H22N2O3S. The van der Waals surface area contributed by atoms with Gasteiger partial charge >= 0.3 is 0 Å². The van der Waals surface area contributed by atoms with E-state index in [-0.39, 0.29) is 5.56 Å². The van der Waals surface area contributed by atoms with E-state index in [1.165, 1.54) is 11.3 Å². The minimum absolute atomic E-state index is 0.116. The topological polar surface area (TPSA) is 64.2 Å². The van der Waals surface area contributed by atoms with E-state index in [1.54, 1.807) is 0 Å². The number of aromatic amines is 1. The fourth-order valence-electron chi connectivity index (χ4n) is 3.17. The summed E-state index contributed by atoms with van der Waals surface area (Å²) in [5.41, 5.74) is 2.74. The van der Waals surface area contributed by atoms with Crippen LogP contribution in [0.15, 0.2) is 53.3 Å². The van der Waals surface area contributed by atoms with Gasteiger partial charge in [0.15, 0.2) is 11.5 Å². The SMILES string of the molecule is CCOc1cc(-c2nc3sc(C)c(C)c3c(=O)[nH]2)ccc1OCc1ccccc1. The maximum atomic E-state index is 12.6. The van der Waals surface area contributed by atoms with Crippen molar-refractivity contribution in [3.8, 4) is 22.9 Å². The summed E-state index contributed by atoms with van der Waals surface area (Å²) in [6.07, 6.45) is 0. The van der Waals surface area contributed by atoms with Crippen molar-refractivity contribution in [2.24, 2.45) is 0 Å². The third-order valence-corrected chi connectivity index (χ3v) is 5.89. The number of aryl methyl sites for hydroxylation is 2. The van der Waals surface area contributed by atoms with Crippen LogP contribution in [-0.2, 0) is 6.61 Å². The molecule has 5 nitrogen and oxygen atoms in total. The summed E-state index contributed by atoms with van der Waals surface area (Å²) in [4.78, 5) is 22.0. The molecule has 2 heterocycles. The molecule has 6 heteroatoms. The van der Waals surface area contributed by atoms with E-state index in [0.717, 1.165) is 26.4 Å². The summed E-state index contributed by atoms with van der Waals surface area (Å²) in [6, 6.07) is 15.6. The van der Waals surface area contributed by atoms with Crippen LogP contribution in [0, 0.1) is 13.8 Å². The number of nitrogens with one attached hydrogen (secondary N) is 1. The van der Waals surface area contributed by atoms with E-state index in [0.29, 0.717) is 35.9 Å². The second-order valence-corrected chi connectivity index (χ2v) is 7.95. The largest absolute Gasteiger partial charge is 0.490 e. The van der Waals surface area contributed by atoms with Gasteiger partial charge in [-0.05, 0) is 50.1 Å². The minimum atomic E-state index is -0.116. The second-order valence-electron chi connectivity index (χ2n) is 6.75. The highest BCUT2D eigenvalue weighted by molar-refractivity contribution is 7.18. The summed E-state index contributed by atoms with van der Waals surface area (Å²) in [7, 11) is 0. The van der Waals surface area contributed by atoms with E-state index >= 15 is 0 Å². The number of benzene rings is 2. The van der Waals surface area contributed by atoms with Crippen LogP contribution >= 0.6 is 11.3 Å². The van der Waals surface area contributed by atoms with E-state index in [9.17, 15) is 4.79 Å². The Morgan fingerprint density at radius 1 is 1.03 bits per heavy atom. The molecule has 0 atom stereocenters. The van der Waals surface area contributed by atoms with Crippen molar-refractivity contribution in [2.45, 2.75) is 27.4 Å². The molecule has 4 aromatic rings. The molecule has 0 bridgehead atoms. The maximum absolute atomic E-state index is 12.6. The molecule has 0 aliphatic heterocycles. The van der Waals surface area contributed by atoms with Gasteiger partial charge in [0.2, 0.25) is 0 Å². The molecule has 2 aromatic carbocycles. The fraction of sp³-hybridized carbons (Fsp3) is 0.217. The summed E-state index contributed by atoms with van der Waals surface area (Å²) >= 11 is 1.54. The van der Waals surface area contributed by atoms with Gasteiger partial charge in [0, 0.05) is 10.4 Å². The Kier molecular flexibility index (Phi) is 5.36. The summed E-state index contributed by atoms with van der Waals surface area (Å²) in [5.74, 6) is 1.81. The van der Waals surface area contributed by atoms with Gasteiger partial charge in [0.25, 0.3) is 5.56 Å². The highest BCUT2D eigenvalue weighted by Gasteiger charge is 2.14. The lowest BCUT2D eigenvalue weighted by Crippen LogP contribution is -2.09. The Bertz CT molecular complexity index is 1210. The standard InChI is InChI=1S/C23H22N2O3S/c1-4-27-19-12-17(10-11-18(19)28-13-16-8-6-5-7-9-16)21-24-22(26)20-14(2)15(3)29-23(20)25-21/h5-12H,4,13H2,1-3H3,(H,24,25,26). The lowest BCUT2D eigenvalue weighted by Gasteiger charge is -2.13. The highest BCUT2D eigenvalue weighted by atomic mass is 32.1. The van der Waals surface area contributed by atoms with Crippen LogP contribution in [0.4, 0.5) is 0 Å². The molecule has 0 amide bonds. The van der Waals surface area contributed by atoms with Crippen LogP contribution in [0.2, 0.25) is 0 Å². The summed E-state index contributed by atoms with van der Waals surface area (Å²) in [6.45, 7) is 6.85. The summed E-state index contributed by atoms with van der Waals surface area (Å²) in [5, 5.41) is 0.670. The average Bonchev–Trinajstić information content (AvgIpc) is 3.02. The van der Waals surface area contributed by atoms with Crippen molar-refractivity contribution in [1.82, 2.24) is 9.97 Å². The Morgan fingerprint density at radius 2 is 1.83 bits per heavy atom. The Labute approximate surface area is 173 Å². The first kappa shape index (κ1) is 19.2. The Morgan fingerprint density at radius 3 is 2.59 bits per heavy atom. The number of rotatable bonds is 6. The zero-order valence-electron chi connectivity index (χ0n) is 16.6. The van der Waals surface area contributed by atoms with Crippen molar-refractivity contribution in [3.05, 3.63) is 74.9 Å². The number of ether oxygens (including phenoxy) is 2. The zero-order chi connectivity index (χ0) is 20.4. The van der Waals surface area contributed by atoms with E-state index in [2.05, 4.69) is 9.97 Å². The van der Waals surface area contributed by atoms with Gasteiger partial charge in [0.1, 0.15) is 17.3 Å². The quantitative estimate of drug-likeness (QED) is 0.475. The number of fused-ring (bicyclic) bond motifs is 1. The number of hydrogen-bond acceptors (Lipinski definition) is 5. The molecule has 148 valence electrons. The molecular weight excluding hydrogens is 384 g/mol. The van der Waals surface area contributed by atoms with Crippen molar-refractivity contribution in [2.75, 3.05) is 6.61 Å². The third kappa shape index (κ3) is 3.89. The maximum Gasteiger partial charge on any atom is 0.260 e. The van der Waals surface area contributed by atoms with Gasteiger partial charge in [0.05, 0.1) is 12.0 Å². The first-order chi connectivity index (χ1) is 14.1. The lowest BCUT2D eigenvalue weighted by atomic mass is 10.1. The van der Waals surface area contributed by atoms with Crippen molar-refractivity contribution in [3.63, 3.8) is 0 Å². The molecule has 2 aromatic heterocycles. The zero-order valence-corrected chi connectivity index (χ0v) is 17.4. The van der Waals surface area contributed by atoms with Gasteiger partial charge < -0.3 is 14.5 Å². The van der Waals surface area contributed by atoms with Crippen molar-refractivity contribution < 1.29 is 9.47 Å². The number of hydrogen-bond donors (Lipinski definition) is 1. The first-order valence-electron chi connectivity index (χ1n) is 9.50. The third-order valence-electron chi connectivity index (χ3n) is 4.79. The number of thiophene rings is 1. The van der Waals surface area contributed by atoms with Gasteiger partial charge in [-0.1, -0.05) is 30.3 Å². The molecule has 0 aliphatic carbocycles. The molecule has 0 aliphatic rings. The molecule has 0 unspecified atom stereocenters. The van der Waals surface area contributed by atoms with Crippen LogP contribution in [0.25, 0.3) is 21.6 Å². The van der Waals surface area contributed by atoms with E-state index in [1.807, 2.05) is 69.3 Å². The smallest absolute Gasteiger partial charge is 0.260 e. The highest BCUT2D eigenvalue weighted by Crippen LogP contribution is 2.33. The van der Waals surface area contributed by atoms with Crippen LogP contribution < -0.4 is 15.0 Å². The predicted octanol–water partition coefficient (Wildman–Crippen LogP) is 5.25. The minimum Gasteiger partial charge on any atom is -0.490 e. The van der Waals surface area contributed by atoms with Crippen LogP contribution in [-0.4, -0.2) is 16.6 Å². The molecule has 0 radical (unpaired) electrons. The first-order valence-corrected chi connectivity index (χ1v) is 10.3. The Balaban J connectivity index is 1.69. The van der Waals surface area contributed by atoms with Crippen LogP contribution in [0.1, 0.15) is 22.9 Å². The van der Waals surface area contributed by atoms with Crippen molar-refractivity contribution in [1.29, 1.82) is 0 Å². The van der Waals surface area contributed by atoms with E-state index < -0.39 is 0 Å². The van der Waals surface area contributed by atoms with Gasteiger partial charge in [-0.15, -0.1) is 11.3 Å². The number of nitrogens with zero attached hydrogens (tertiary/aromatic N) is 1. The molecule has 0 saturated heterocycles. The molecule has 4 rings (SSSR count). The van der Waals surface area contributed by atoms with Gasteiger partial charge in [-0.2, -0.15) is 0 Å². The lowest BCUT2D eigenvalue weighted by molar-refractivity contribution is 0.269. The normalized spacial score (nSPS) is 11.0. The van der Waals surface area contributed by atoms with E-state index in [4.69, 9.17) is 9.47 Å². The second kappa shape index (κ2) is 8.09. The van der Waals surface area contributed by atoms with Crippen LogP contribution in [0.5, 0.6) is 11.5 Å². The van der Waals surface area contributed by atoms with Gasteiger partial charge in [-0.3, -0.25) is 4.79 Å². The molecule has 1 N–H and O–H groups in total. The Hall–Kier alpha value is -3.12. The fourth-order valence-corrected chi connectivity index (χ4v) is 4.20. The average molecular weight is 407 g/mol. The molecule has 0 fully saturated rings. The van der Waals surface area contributed by atoms with Gasteiger partial charge in [-0.25, -0.2) is 4.98 Å². The molecule has 0 spiro atoms. The monoisotopic (exact) mass is 406 g/mol. The predicted molar refractivity (Wildman–Crippen MR) is 117 cm³/mol.